The monoisotopic (exact) mass is 250 g/mol. The van der Waals surface area contributed by atoms with Gasteiger partial charge in [-0.1, -0.05) is 20.8 Å². The molecule has 0 aliphatic heterocycles. The first kappa shape index (κ1) is 15.7. The summed E-state index contributed by atoms with van der Waals surface area (Å²) in [7, 11) is -2.60. The van der Waals surface area contributed by atoms with E-state index in [0.717, 1.165) is 12.8 Å². The second kappa shape index (κ2) is 8.77. The second-order valence-corrected chi connectivity index (χ2v) is 6.63. The number of carbonyl (C=O) groups excluding carboxylic acids is 1. The van der Waals surface area contributed by atoms with Crippen LogP contribution in [0, 0.1) is 0 Å². The summed E-state index contributed by atoms with van der Waals surface area (Å²) in [6.07, 6.45) is 2.61. The smallest absolute Gasteiger partial charge is 0.306 e. The van der Waals surface area contributed by atoms with Crippen LogP contribution in [0.2, 0.25) is 0 Å². The molecular weight excluding hydrogens is 227 g/mol. The summed E-state index contributed by atoms with van der Waals surface area (Å²) in [4.78, 5) is 11.2. The van der Waals surface area contributed by atoms with Crippen LogP contribution in [0.4, 0.5) is 0 Å². The minimum Gasteiger partial charge on any atom is -0.466 e. The zero-order valence-corrected chi connectivity index (χ0v) is 11.4. The van der Waals surface area contributed by atoms with E-state index < -0.39 is 7.37 Å². The van der Waals surface area contributed by atoms with E-state index in [1.807, 2.05) is 20.8 Å². The van der Waals surface area contributed by atoms with Gasteiger partial charge >= 0.3 is 5.97 Å². The minimum atomic E-state index is -2.60. The highest BCUT2D eigenvalue weighted by Crippen LogP contribution is 2.46. The van der Waals surface area contributed by atoms with Gasteiger partial charge < -0.3 is 9.26 Å². The lowest BCUT2D eigenvalue weighted by molar-refractivity contribution is -0.143. The molecule has 0 bridgehead atoms. The van der Waals surface area contributed by atoms with E-state index in [1.165, 1.54) is 0 Å². The molecule has 96 valence electrons. The summed E-state index contributed by atoms with van der Waals surface area (Å²) >= 11 is 0. The number of ether oxygens (including phenoxy) is 1. The highest BCUT2D eigenvalue weighted by Gasteiger charge is 2.21. The maximum atomic E-state index is 12.1. The van der Waals surface area contributed by atoms with Crippen LogP contribution in [0.1, 0.15) is 40.0 Å². The molecule has 1 atom stereocenters. The van der Waals surface area contributed by atoms with Crippen molar-refractivity contribution in [2.24, 2.45) is 0 Å². The zero-order chi connectivity index (χ0) is 12.4. The predicted molar refractivity (Wildman–Crippen MR) is 65.1 cm³/mol. The lowest BCUT2D eigenvalue weighted by Crippen LogP contribution is -2.09. The Morgan fingerprint density at radius 1 is 1.12 bits per heavy atom. The molecule has 0 rings (SSSR count). The average molecular weight is 250 g/mol. The normalized spacial score (nSPS) is 14.4. The molecule has 0 aliphatic rings. The molecule has 0 aromatic rings. The molecule has 0 radical (unpaired) electrons. The summed E-state index contributed by atoms with van der Waals surface area (Å²) in [5, 5.41) is 0. The van der Waals surface area contributed by atoms with Crippen LogP contribution in [0.25, 0.3) is 0 Å². The van der Waals surface area contributed by atoms with Gasteiger partial charge in [-0.3, -0.25) is 9.36 Å². The van der Waals surface area contributed by atoms with Crippen LogP contribution in [0.15, 0.2) is 0 Å². The highest BCUT2D eigenvalue weighted by molar-refractivity contribution is 7.58. The summed E-state index contributed by atoms with van der Waals surface area (Å²) in [6, 6.07) is 0. The van der Waals surface area contributed by atoms with E-state index in [1.54, 1.807) is 0 Å². The first-order chi connectivity index (χ1) is 7.58. The van der Waals surface area contributed by atoms with Gasteiger partial charge in [-0.25, -0.2) is 0 Å². The number of hydrogen-bond acceptors (Lipinski definition) is 4. The Hall–Kier alpha value is -0.340. The average Bonchev–Trinajstić information content (AvgIpc) is 2.31. The molecule has 0 aromatic carbocycles. The molecule has 0 fully saturated rings. The molecule has 5 heteroatoms. The Morgan fingerprint density at radius 2 is 1.75 bits per heavy atom. The maximum Gasteiger partial charge on any atom is 0.306 e. The van der Waals surface area contributed by atoms with Gasteiger partial charge in [-0.15, -0.1) is 0 Å². The maximum absolute atomic E-state index is 12.1. The molecule has 0 saturated heterocycles. The van der Waals surface area contributed by atoms with Crippen LogP contribution in [0.3, 0.4) is 0 Å². The largest absolute Gasteiger partial charge is 0.466 e. The molecule has 0 aliphatic carbocycles. The topological polar surface area (TPSA) is 52.6 Å². The SMILES string of the molecule is CCCOC(=O)CCP(=O)(CC)OCCC. The lowest BCUT2D eigenvalue weighted by Gasteiger charge is -2.15. The molecule has 16 heavy (non-hydrogen) atoms. The van der Waals surface area contributed by atoms with E-state index >= 15 is 0 Å². The van der Waals surface area contributed by atoms with Gasteiger partial charge in [0.05, 0.1) is 19.6 Å². The van der Waals surface area contributed by atoms with Crippen LogP contribution in [-0.4, -0.2) is 31.5 Å². The Kier molecular flexibility index (Phi) is 8.58. The molecule has 0 N–H and O–H groups in total. The Labute approximate surface area is 98.2 Å². The fraction of sp³-hybridized carbons (Fsp3) is 0.909. The summed E-state index contributed by atoms with van der Waals surface area (Å²) in [6.45, 7) is 6.66. The van der Waals surface area contributed by atoms with Gasteiger partial charge in [0.15, 0.2) is 0 Å². The van der Waals surface area contributed by atoms with Crippen LogP contribution in [0.5, 0.6) is 0 Å². The third-order valence-electron chi connectivity index (χ3n) is 2.14. The van der Waals surface area contributed by atoms with Crippen molar-refractivity contribution < 1.29 is 18.6 Å². The van der Waals surface area contributed by atoms with Crippen LogP contribution < -0.4 is 0 Å². The van der Waals surface area contributed by atoms with Crippen molar-refractivity contribution in [2.75, 3.05) is 25.5 Å². The van der Waals surface area contributed by atoms with Crippen molar-refractivity contribution in [1.82, 2.24) is 0 Å². The van der Waals surface area contributed by atoms with Crippen molar-refractivity contribution in [1.29, 1.82) is 0 Å². The van der Waals surface area contributed by atoms with Crippen molar-refractivity contribution in [2.45, 2.75) is 40.0 Å². The van der Waals surface area contributed by atoms with Gasteiger partial charge in [0.2, 0.25) is 7.37 Å². The van der Waals surface area contributed by atoms with Crippen molar-refractivity contribution in [3.05, 3.63) is 0 Å². The molecule has 0 saturated carbocycles. The number of hydrogen-bond donors (Lipinski definition) is 0. The van der Waals surface area contributed by atoms with E-state index in [4.69, 9.17) is 9.26 Å². The first-order valence-electron chi connectivity index (χ1n) is 5.96. The van der Waals surface area contributed by atoms with Gasteiger partial charge in [-0.05, 0) is 12.8 Å². The third-order valence-corrected chi connectivity index (χ3v) is 4.66. The molecule has 4 nitrogen and oxygen atoms in total. The van der Waals surface area contributed by atoms with Crippen molar-refractivity contribution in [3.63, 3.8) is 0 Å². The zero-order valence-electron chi connectivity index (χ0n) is 10.5. The Balaban J connectivity index is 3.93. The molecular formula is C11H23O4P. The van der Waals surface area contributed by atoms with E-state index in [-0.39, 0.29) is 12.4 Å². The first-order valence-corrected chi connectivity index (χ1v) is 7.95. The predicted octanol–water partition coefficient (Wildman–Crippen LogP) is 3.05. The standard InChI is InChI=1S/C11H23O4P/c1-4-8-14-11(12)7-10-16(13,6-3)15-9-5-2/h4-10H2,1-3H3. The van der Waals surface area contributed by atoms with E-state index in [2.05, 4.69) is 0 Å². The van der Waals surface area contributed by atoms with Crippen molar-refractivity contribution in [3.8, 4) is 0 Å². The van der Waals surface area contributed by atoms with Crippen molar-refractivity contribution >= 4 is 13.3 Å². The van der Waals surface area contributed by atoms with Gasteiger partial charge in [0.25, 0.3) is 0 Å². The van der Waals surface area contributed by atoms with Gasteiger partial charge in [-0.2, -0.15) is 0 Å². The second-order valence-electron chi connectivity index (χ2n) is 3.66. The fourth-order valence-electron chi connectivity index (χ4n) is 1.12. The quantitative estimate of drug-likeness (QED) is 0.466. The number of carbonyl (C=O) groups is 1. The summed E-state index contributed by atoms with van der Waals surface area (Å²) < 4.78 is 22.3. The lowest BCUT2D eigenvalue weighted by atomic mass is 10.5. The third kappa shape index (κ3) is 7.02. The summed E-state index contributed by atoms with van der Waals surface area (Å²) in [5.41, 5.74) is 0. The molecule has 0 spiro atoms. The minimum absolute atomic E-state index is 0.189. The number of rotatable bonds is 9. The molecule has 1 unspecified atom stereocenters. The van der Waals surface area contributed by atoms with Gasteiger partial charge in [0.1, 0.15) is 0 Å². The molecule has 0 amide bonds. The van der Waals surface area contributed by atoms with E-state index in [9.17, 15) is 9.36 Å². The molecule has 0 heterocycles. The van der Waals surface area contributed by atoms with Gasteiger partial charge in [0, 0.05) is 12.3 Å². The molecule has 0 aromatic heterocycles. The number of esters is 1. The summed E-state index contributed by atoms with van der Waals surface area (Å²) in [5.74, 6) is -0.282. The van der Waals surface area contributed by atoms with Crippen LogP contribution in [-0.2, 0) is 18.6 Å². The van der Waals surface area contributed by atoms with Crippen LogP contribution >= 0.6 is 7.37 Å². The Morgan fingerprint density at radius 3 is 2.25 bits per heavy atom. The highest BCUT2D eigenvalue weighted by atomic mass is 31.2. The van der Waals surface area contributed by atoms with E-state index in [0.29, 0.717) is 25.5 Å². The fourth-order valence-corrected chi connectivity index (χ4v) is 2.79. The Bertz CT molecular complexity index is 240.